The summed E-state index contributed by atoms with van der Waals surface area (Å²) in [5.41, 5.74) is 0. The zero-order valence-corrected chi connectivity index (χ0v) is 43.6. The molecular formula is C61H102O6. The number of ether oxygens (including phenoxy) is 3. The minimum Gasteiger partial charge on any atom is -0.462 e. The van der Waals surface area contributed by atoms with E-state index in [0.717, 1.165) is 89.9 Å². The van der Waals surface area contributed by atoms with Crippen molar-refractivity contribution >= 4 is 17.9 Å². The molecule has 382 valence electrons. The maximum absolute atomic E-state index is 12.8. The maximum atomic E-state index is 12.8. The third-order valence-electron chi connectivity index (χ3n) is 11.6. The number of carbonyl (C=O) groups excluding carboxylic acids is 3. The first-order valence-corrected chi connectivity index (χ1v) is 27.7. The van der Waals surface area contributed by atoms with Crippen LogP contribution in [0.3, 0.4) is 0 Å². The Kier molecular flexibility index (Phi) is 51.9. The van der Waals surface area contributed by atoms with Crippen molar-refractivity contribution in [2.24, 2.45) is 0 Å². The van der Waals surface area contributed by atoms with Gasteiger partial charge in [0.15, 0.2) is 6.10 Å². The lowest BCUT2D eigenvalue weighted by Crippen LogP contribution is -2.30. The lowest BCUT2D eigenvalue weighted by Gasteiger charge is -2.18. The van der Waals surface area contributed by atoms with Crippen LogP contribution in [-0.4, -0.2) is 37.2 Å². The molecule has 0 aromatic heterocycles. The SMILES string of the molecule is CC/C=C\C/C=C\C/C=C\C/C=C\C/C=C\C/C=C\CCC(=O)OCC(COC(=O)CCCCCCCCCCCCCC)OC(=O)CCCCCCCCC/C=C\C/C=C\CCCCCC. The van der Waals surface area contributed by atoms with Crippen LogP contribution in [-0.2, 0) is 28.6 Å². The first-order valence-electron chi connectivity index (χ1n) is 27.7. The molecule has 6 heteroatoms. The maximum Gasteiger partial charge on any atom is 0.306 e. The zero-order chi connectivity index (χ0) is 48.6. The third-order valence-corrected chi connectivity index (χ3v) is 11.6. The number of allylic oxidation sites excluding steroid dienone is 16. The molecule has 0 N–H and O–H groups in total. The summed E-state index contributed by atoms with van der Waals surface area (Å²) < 4.78 is 16.8. The Bertz CT molecular complexity index is 1350. The van der Waals surface area contributed by atoms with Crippen LogP contribution in [0.15, 0.2) is 97.2 Å². The fourth-order valence-electron chi connectivity index (χ4n) is 7.44. The van der Waals surface area contributed by atoms with Gasteiger partial charge in [0.05, 0.1) is 0 Å². The third kappa shape index (κ3) is 53.2. The molecule has 0 aromatic carbocycles. The molecule has 0 aliphatic heterocycles. The van der Waals surface area contributed by atoms with Crippen LogP contribution in [0.1, 0.15) is 252 Å². The molecule has 0 spiro atoms. The van der Waals surface area contributed by atoms with E-state index >= 15 is 0 Å². The predicted octanol–water partition coefficient (Wildman–Crippen LogP) is 18.5. The summed E-state index contributed by atoms with van der Waals surface area (Å²) >= 11 is 0. The highest BCUT2D eigenvalue weighted by molar-refractivity contribution is 5.71. The first-order chi connectivity index (χ1) is 33.0. The summed E-state index contributed by atoms with van der Waals surface area (Å²) in [5.74, 6) is -0.997. The summed E-state index contributed by atoms with van der Waals surface area (Å²) in [4.78, 5) is 38.0. The second-order valence-electron chi connectivity index (χ2n) is 18.1. The van der Waals surface area contributed by atoms with Gasteiger partial charge in [-0.3, -0.25) is 14.4 Å². The molecule has 1 atom stereocenters. The van der Waals surface area contributed by atoms with Gasteiger partial charge in [-0.05, 0) is 89.9 Å². The molecule has 0 saturated carbocycles. The van der Waals surface area contributed by atoms with Gasteiger partial charge < -0.3 is 14.2 Å². The number of unbranched alkanes of at least 4 members (excludes halogenated alkanes) is 22. The van der Waals surface area contributed by atoms with E-state index in [-0.39, 0.29) is 37.5 Å². The standard InChI is InChI=1S/C61H102O6/c1-4-7-10-13-16-19-22-25-27-29-31-33-34-36-39-42-45-48-51-54-60(63)66-57-58(56-65-59(62)53-50-47-44-41-38-24-21-18-15-12-9-6-3)67-61(64)55-52-49-46-43-40-37-35-32-30-28-26-23-20-17-14-11-8-5-2/h7,10,16,19-20,23,25,27-28,30-31,33,36,39,45,48,58H,4-6,8-9,11-15,17-18,21-22,24,26,29,32,34-35,37-38,40-44,46-47,49-57H2,1-3H3/b10-7-,19-16-,23-20-,27-25-,30-28-,33-31-,39-36-,48-45-. The Hall–Kier alpha value is -3.67. The number of hydrogen-bond donors (Lipinski definition) is 0. The van der Waals surface area contributed by atoms with Gasteiger partial charge in [-0.15, -0.1) is 0 Å². The van der Waals surface area contributed by atoms with E-state index in [2.05, 4.69) is 112 Å². The molecule has 0 aromatic rings. The molecule has 0 aliphatic carbocycles. The largest absolute Gasteiger partial charge is 0.462 e. The molecule has 0 rings (SSSR count). The lowest BCUT2D eigenvalue weighted by molar-refractivity contribution is -0.166. The van der Waals surface area contributed by atoms with Crippen LogP contribution < -0.4 is 0 Å². The second-order valence-corrected chi connectivity index (χ2v) is 18.1. The zero-order valence-electron chi connectivity index (χ0n) is 43.6. The molecule has 0 amide bonds. The van der Waals surface area contributed by atoms with Crippen LogP contribution in [0.5, 0.6) is 0 Å². The molecule has 6 nitrogen and oxygen atoms in total. The minimum absolute atomic E-state index is 0.103. The number of carbonyl (C=O) groups is 3. The summed E-state index contributed by atoms with van der Waals surface area (Å²) in [7, 11) is 0. The highest BCUT2D eigenvalue weighted by Gasteiger charge is 2.19. The van der Waals surface area contributed by atoms with Crippen molar-refractivity contribution in [3.05, 3.63) is 97.2 Å². The number of rotatable bonds is 49. The van der Waals surface area contributed by atoms with Gasteiger partial charge in [0.25, 0.3) is 0 Å². The normalized spacial score (nSPS) is 12.8. The Morgan fingerprint density at radius 3 is 1.01 bits per heavy atom. The Morgan fingerprint density at radius 2 is 0.612 bits per heavy atom. The molecule has 0 saturated heterocycles. The average Bonchev–Trinajstić information content (AvgIpc) is 3.33. The van der Waals surface area contributed by atoms with Gasteiger partial charge in [0.2, 0.25) is 0 Å². The van der Waals surface area contributed by atoms with Crippen molar-refractivity contribution < 1.29 is 28.6 Å². The summed E-state index contributed by atoms with van der Waals surface area (Å²) in [6.07, 6.45) is 72.6. The van der Waals surface area contributed by atoms with Crippen molar-refractivity contribution in [3.63, 3.8) is 0 Å². The van der Waals surface area contributed by atoms with E-state index in [9.17, 15) is 14.4 Å². The van der Waals surface area contributed by atoms with Crippen LogP contribution in [0, 0.1) is 0 Å². The number of esters is 3. The van der Waals surface area contributed by atoms with E-state index in [1.165, 1.54) is 116 Å². The fourth-order valence-corrected chi connectivity index (χ4v) is 7.44. The van der Waals surface area contributed by atoms with Gasteiger partial charge >= 0.3 is 17.9 Å². The van der Waals surface area contributed by atoms with Gasteiger partial charge in [0.1, 0.15) is 13.2 Å². The fraction of sp³-hybridized carbons (Fsp3) is 0.689. The Balaban J connectivity index is 4.50. The van der Waals surface area contributed by atoms with Crippen molar-refractivity contribution in [2.75, 3.05) is 13.2 Å². The van der Waals surface area contributed by atoms with E-state index in [4.69, 9.17) is 14.2 Å². The monoisotopic (exact) mass is 931 g/mol. The summed E-state index contributed by atoms with van der Waals surface area (Å²) in [5, 5.41) is 0. The quantitative estimate of drug-likeness (QED) is 0.0262. The molecule has 67 heavy (non-hydrogen) atoms. The first kappa shape index (κ1) is 63.3. The average molecular weight is 931 g/mol. The molecule has 0 aliphatic rings. The van der Waals surface area contributed by atoms with Crippen LogP contribution in [0.2, 0.25) is 0 Å². The van der Waals surface area contributed by atoms with E-state index in [1.807, 2.05) is 6.08 Å². The highest BCUT2D eigenvalue weighted by Crippen LogP contribution is 2.15. The second kappa shape index (κ2) is 54.9. The molecule has 0 radical (unpaired) electrons. The summed E-state index contributed by atoms with van der Waals surface area (Å²) in [6.45, 7) is 6.44. The van der Waals surface area contributed by atoms with E-state index < -0.39 is 6.10 Å². The number of hydrogen-bond acceptors (Lipinski definition) is 6. The van der Waals surface area contributed by atoms with Crippen LogP contribution in [0.4, 0.5) is 0 Å². The predicted molar refractivity (Wildman–Crippen MR) is 288 cm³/mol. The molecular weight excluding hydrogens is 829 g/mol. The molecule has 0 heterocycles. The van der Waals surface area contributed by atoms with Crippen molar-refractivity contribution in [1.29, 1.82) is 0 Å². The van der Waals surface area contributed by atoms with Crippen molar-refractivity contribution in [3.8, 4) is 0 Å². The van der Waals surface area contributed by atoms with Gasteiger partial charge in [-0.1, -0.05) is 240 Å². The van der Waals surface area contributed by atoms with Gasteiger partial charge in [-0.25, -0.2) is 0 Å². The molecule has 0 fully saturated rings. The van der Waals surface area contributed by atoms with Gasteiger partial charge in [0, 0.05) is 19.3 Å². The highest BCUT2D eigenvalue weighted by atomic mass is 16.6. The van der Waals surface area contributed by atoms with E-state index in [0.29, 0.717) is 19.3 Å². The van der Waals surface area contributed by atoms with Crippen molar-refractivity contribution in [1.82, 2.24) is 0 Å². The minimum atomic E-state index is -0.811. The van der Waals surface area contributed by atoms with Crippen LogP contribution in [0.25, 0.3) is 0 Å². The van der Waals surface area contributed by atoms with Crippen molar-refractivity contribution in [2.45, 2.75) is 258 Å². The topological polar surface area (TPSA) is 78.9 Å². The molecule has 0 bridgehead atoms. The smallest absolute Gasteiger partial charge is 0.306 e. The van der Waals surface area contributed by atoms with Gasteiger partial charge in [-0.2, -0.15) is 0 Å². The lowest BCUT2D eigenvalue weighted by atomic mass is 10.0. The summed E-state index contributed by atoms with van der Waals surface area (Å²) in [6, 6.07) is 0. The van der Waals surface area contributed by atoms with E-state index in [1.54, 1.807) is 0 Å². The Morgan fingerprint density at radius 1 is 0.313 bits per heavy atom. The molecule has 1 unspecified atom stereocenters. The Labute approximate surface area is 413 Å². The van der Waals surface area contributed by atoms with Crippen LogP contribution >= 0.6 is 0 Å².